The molecule has 1 aliphatic rings. The van der Waals surface area contributed by atoms with Gasteiger partial charge < -0.3 is 10.4 Å². The Hall–Kier alpha value is -1.43. The minimum absolute atomic E-state index is 0.362. The van der Waals surface area contributed by atoms with Crippen molar-refractivity contribution in [1.29, 1.82) is 0 Å². The number of thiazole rings is 1. The lowest BCUT2D eigenvalue weighted by Gasteiger charge is -2.06. The molecule has 0 saturated heterocycles. The van der Waals surface area contributed by atoms with Gasteiger partial charge in [0.2, 0.25) is 0 Å². The van der Waals surface area contributed by atoms with Crippen LogP contribution in [0.2, 0.25) is 0 Å². The van der Waals surface area contributed by atoms with Gasteiger partial charge >= 0.3 is 5.97 Å². The monoisotopic (exact) mass is 240 g/mol. The van der Waals surface area contributed by atoms with Crippen LogP contribution >= 0.6 is 11.3 Å². The van der Waals surface area contributed by atoms with Gasteiger partial charge in [0.05, 0.1) is 11.2 Å². The average molecular weight is 240 g/mol. The van der Waals surface area contributed by atoms with Gasteiger partial charge in [-0.2, -0.15) is 0 Å². The average Bonchev–Trinajstić information content (AvgIpc) is 2.96. The maximum atomic E-state index is 11.6. The van der Waals surface area contributed by atoms with Crippen LogP contribution in [-0.2, 0) is 4.79 Å². The number of carbonyl (C=O) groups excluding carboxylic acids is 1. The van der Waals surface area contributed by atoms with E-state index in [1.807, 2.05) is 0 Å². The summed E-state index contributed by atoms with van der Waals surface area (Å²) in [7, 11) is 0. The summed E-state index contributed by atoms with van der Waals surface area (Å²) in [6, 6.07) is -0.876. The second kappa shape index (κ2) is 4.21. The molecule has 2 N–H and O–H groups in total. The lowest BCUT2D eigenvalue weighted by Crippen LogP contribution is -2.37. The number of hydrogen-bond donors (Lipinski definition) is 2. The number of amides is 1. The van der Waals surface area contributed by atoms with E-state index >= 15 is 0 Å². The van der Waals surface area contributed by atoms with Gasteiger partial charge in [0.1, 0.15) is 10.9 Å². The molecular weight excluding hydrogens is 228 g/mol. The Kier molecular flexibility index (Phi) is 2.91. The number of carbonyl (C=O) groups is 2. The van der Waals surface area contributed by atoms with Crippen molar-refractivity contribution in [3.63, 3.8) is 0 Å². The van der Waals surface area contributed by atoms with Gasteiger partial charge in [0.15, 0.2) is 0 Å². The number of carboxylic acids is 1. The van der Waals surface area contributed by atoms with E-state index in [9.17, 15) is 9.59 Å². The minimum Gasteiger partial charge on any atom is -0.480 e. The molecule has 2 rings (SSSR count). The molecule has 1 aromatic heterocycles. The van der Waals surface area contributed by atoms with Gasteiger partial charge in [-0.05, 0) is 19.8 Å². The molecule has 1 saturated carbocycles. The SMILES string of the molecule is CC(NC(=O)c1cnc(C2CC2)s1)C(=O)O. The van der Waals surface area contributed by atoms with Gasteiger partial charge in [-0.15, -0.1) is 11.3 Å². The summed E-state index contributed by atoms with van der Waals surface area (Å²) in [5.41, 5.74) is 0. The molecule has 1 unspecified atom stereocenters. The highest BCUT2D eigenvalue weighted by molar-refractivity contribution is 7.13. The first-order chi connectivity index (χ1) is 7.58. The maximum Gasteiger partial charge on any atom is 0.325 e. The fraction of sp³-hybridized carbons (Fsp3) is 0.500. The van der Waals surface area contributed by atoms with Crippen LogP contribution in [0.4, 0.5) is 0 Å². The molecule has 0 aromatic carbocycles. The predicted molar refractivity (Wildman–Crippen MR) is 58.7 cm³/mol. The van der Waals surface area contributed by atoms with E-state index in [-0.39, 0.29) is 5.91 Å². The van der Waals surface area contributed by atoms with Crippen molar-refractivity contribution < 1.29 is 14.7 Å². The number of nitrogens with one attached hydrogen (secondary N) is 1. The summed E-state index contributed by atoms with van der Waals surface area (Å²) < 4.78 is 0. The molecule has 0 radical (unpaired) electrons. The van der Waals surface area contributed by atoms with E-state index in [0.717, 1.165) is 17.8 Å². The Morgan fingerprint density at radius 1 is 1.62 bits per heavy atom. The molecule has 1 heterocycles. The standard InChI is InChI=1S/C10H12N2O3S/c1-5(10(14)15)12-8(13)7-4-11-9(16-7)6-2-3-6/h4-6H,2-3H2,1H3,(H,12,13)(H,14,15). The molecule has 5 nitrogen and oxygen atoms in total. The lowest BCUT2D eigenvalue weighted by atomic mass is 10.3. The molecule has 6 heteroatoms. The summed E-state index contributed by atoms with van der Waals surface area (Å²) in [6.45, 7) is 1.43. The van der Waals surface area contributed by atoms with E-state index in [1.165, 1.54) is 24.5 Å². The Labute approximate surface area is 96.5 Å². The van der Waals surface area contributed by atoms with Crippen LogP contribution in [0.5, 0.6) is 0 Å². The van der Waals surface area contributed by atoms with E-state index in [0.29, 0.717) is 10.8 Å². The summed E-state index contributed by atoms with van der Waals surface area (Å²) in [5.74, 6) is -0.886. The second-order valence-electron chi connectivity index (χ2n) is 3.87. The molecule has 16 heavy (non-hydrogen) atoms. The zero-order chi connectivity index (χ0) is 11.7. The van der Waals surface area contributed by atoms with E-state index in [4.69, 9.17) is 5.11 Å². The van der Waals surface area contributed by atoms with Gasteiger partial charge in [-0.1, -0.05) is 0 Å². The highest BCUT2D eigenvalue weighted by Crippen LogP contribution is 2.41. The van der Waals surface area contributed by atoms with Crippen LogP contribution in [0.1, 0.15) is 40.4 Å². The number of carboxylic acid groups (broad SMARTS) is 1. The Bertz CT molecular complexity index is 425. The quantitative estimate of drug-likeness (QED) is 0.829. The van der Waals surface area contributed by atoms with Crippen LogP contribution < -0.4 is 5.32 Å². The Morgan fingerprint density at radius 3 is 2.88 bits per heavy atom. The molecule has 0 aliphatic heterocycles. The number of nitrogens with zero attached hydrogens (tertiary/aromatic N) is 1. The number of aliphatic carboxylic acids is 1. The van der Waals surface area contributed by atoms with Crippen molar-refractivity contribution in [3.05, 3.63) is 16.1 Å². The van der Waals surface area contributed by atoms with E-state index in [2.05, 4.69) is 10.3 Å². The highest BCUT2D eigenvalue weighted by Gasteiger charge is 2.27. The third kappa shape index (κ3) is 2.38. The highest BCUT2D eigenvalue weighted by atomic mass is 32.1. The van der Waals surface area contributed by atoms with Crippen LogP contribution in [0, 0.1) is 0 Å². The summed E-state index contributed by atoms with van der Waals surface area (Å²) in [5, 5.41) is 12.0. The minimum atomic E-state index is -1.04. The number of hydrogen-bond acceptors (Lipinski definition) is 4. The fourth-order valence-corrected chi connectivity index (χ4v) is 2.23. The van der Waals surface area contributed by atoms with E-state index in [1.54, 1.807) is 0 Å². The predicted octanol–water partition coefficient (Wildman–Crippen LogP) is 1.22. The van der Waals surface area contributed by atoms with Crippen molar-refractivity contribution in [1.82, 2.24) is 10.3 Å². The first-order valence-corrected chi connectivity index (χ1v) is 5.89. The normalized spacial score (nSPS) is 16.8. The van der Waals surface area contributed by atoms with Crippen LogP contribution in [-0.4, -0.2) is 28.0 Å². The fourth-order valence-electron chi connectivity index (χ4n) is 1.24. The first-order valence-electron chi connectivity index (χ1n) is 5.07. The Morgan fingerprint density at radius 2 is 2.31 bits per heavy atom. The van der Waals surface area contributed by atoms with Gasteiger partial charge in [-0.25, -0.2) is 4.98 Å². The third-order valence-electron chi connectivity index (χ3n) is 2.39. The molecule has 0 spiro atoms. The summed E-state index contributed by atoms with van der Waals surface area (Å²) in [6.07, 6.45) is 3.79. The summed E-state index contributed by atoms with van der Waals surface area (Å²) in [4.78, 5) is 26.8. The Balaban J connectivity index is 1.99. The van der Waals surface area contributed by atoms with Crippen LogP contribution in [0.25, 0.3) is 0 Å². The molecule has 1 aliphatic carbocycles. The first kappa shape index (κ1) is 11.1. The van der Waals surface area contributed by atoms with Crippen LogP contribution in [0.3, 0.4) is 0 Å². The van der Waals surface area contributed by atoms with Crippen molar-refractivity contribution in [3.8, 4) is 0 Å². The second-order valence-corrected chi connectivity index (χ2v) is 4.93. The topological polar surface area (TPSA) is 79.3 Å². The third-order valence-corrected chi connectivity index (χ3v) is 3.55. The van der Waals surface area contributed by atoms with E-state index < -0.39 is 12.0 Å². The van der Waals surface area contributed by atoms with Gasteiger partial charge in [0, 0.05) is 5.92 Å². The molecule has 86 valence electrons. The molecule has 1 aromatic rings. The van der Waals surface area contributed by atoms with Crippen molar-refractivity contribution >= 4 is 23.2 Å². The zero-order valence-electron chi connectivity index (χ0n) is 8.77. The summed E-state index contributed by atoms with van der Waals surface area (Å²) >= 11 is 1.35. The molecule has 1 atom stereocenters. The molecule has 1 fully saturated rings. The van der Waals surface area contributed by atoms with Gasteiger partial charge in [0.25, 0.3) is 5.91 Å². The molecular formula is C10H12N2O3S. The van der Waals surface area contributed by atoms with Crippen molar-refractivity contribution in [2.24, 2.45) is 0 Å². The number of rotatable bonds is 4. The maximum absolute atomic E-state index is 11.6. The van der Waals surface area contributed by atoms with Crippen molar-refractivity contribution in [2.45, 2.75) is 31.7 Å². The molecule has 1 amide bonds. The van der Waals surface area contributed by atoms with Crippen LogP contribution in [0.15, 0.2) is 6.20 Å². The smallest absolute Gasteiger partial charge is 0.325 e. The number of aromatic nitrogens is 1. The zero-order valence-corrected chi connectivity index (χ0v) is 9.58. The largest absolute Gasteiger partial charge is 0.480 e. The lowest BCUT2D eigenvalue weighted by molar-refractivity contribution is -0.138. The molecule has 0 bridgehead atoms. The van der Waals surface area contributed by atoms with Crippen molar-refractivity contribution in [2.75, 3.05) is 0 Å². The van der Waals surface area contributed by atoms with Gasteiger partial charge in [-0.3, -0.25) is 9.59 Å².